The van der Waals surface area contributed by atoms with Crippen molar-refractivity contribution in [2.24, 2.45) is 5.73 Å². The second-order valence-corrected chi connectivity index (χ2v) is 5.43. The van der Waals surface area contributed by atoms with Crippen molar-refractivity contribution in [2.45, 2.75) is 19.4 Å². The summed E-state index contributed by atoms with van der Waals surface area (Å²) in [7, 11) is -3.33. The van der Waals surface area contributed by atoms with Crippen molar-refractivity contribution >= 4 is 10.2 Å². The van der Waals surface area contributed by atoms with Crippen LogP contribution in [0.1, 0.15) is 13.3 Å². The number of rotatable bonds is 5. The molecule has 1 aliphatic rings. The molecule has 90 valence electrons. The van der Waals surface area contributed by atoms with Gasteiger partial charge in [0, 0.05) is 25.7 Å². The van der Waals surface area contributed by atoms with E-state index in [2.05, 4.69) is 4.72 Å². The molecule has 0 aromatic carbocycles. The molecule has 3 N–H and O–H groups in total. The van der Waals surface area contributed by atoms with Crippen molar-refractivity contribution in [3.8, 4) is 0 Å². The minimum absolute atomic E-state index is 0.0115. The smallest absolute Gasteiger partial charge is 0.279 e. The second kappa shape index (κ2) is 5.76. The monoisotopic (exact) mass is 237 g/mol. The van der Waals surface area contributed by atoms with Crippen LogP contribution in [0.25, 0.3) is 0 Å². The van der Waals surface area contributed by atoms with Crippen LogP contribution in [-0.2, 0) is 14.9 Å². The number of hydrogen-bond donors (Lipinski definition) is 2. The van der Waals surface area contributed by atoms with Crippen LogP contribution in [0.2, 0.25) is 0 Å². The summed E-state index contributed by atoms with van der Waals surface area (Å²) in [5, 5.41) is 0. The molecule has 0 saturated carbocycles. The van der Waals surface area contributed by atoms with Gasteiger partial charge in [-0.15, -0.1) is 0 Å². The SMILES string of the molecule is CC(N)CCNS(=O)(=O)N1CCOCC1. The first-order valence-corrected chi connectivity index (χ1v) is 6.54. The fourth-order valence-electron chi connectivity index (χ4n) is 1.29. The predicted octanol–water partition coefficient (Wildman–Crippen LogP) is -1.11. The van der Waals surface area contributed by atoms with Crippen LogP contribution in [-0.4, -0.2) is 51.6 Å². The molecule has 1 atom stereocenters. The molecule has 0 amide bonds. The van der Waals surface area contributed by atoms with E-state index in [1.165, 1.54) is 4.31 Å². The lowest BCUT2D eigenvalue weighted by atomic mass is 10.3. The lowest BCUT2D eigenvalue weighted by molar-refractivity contribution is 0.0725. The minimum Gasteiger partial charge on any atom is -0.379 e. The minimum atomic E-state index is -3.33. The van der Waals surface area contributed by atoms with Gasteiger partial charge >= 0.3 is 0 Å². The van der Waals surface area contributed by atoms with Gasteiger partial charge in [-0.25, -0.2) is 4.72 Å². The number of nitrogens with two attached hydrogens (primary N) is 1. The Morgan fingerprint density at radius 1 is 1.47 bits per heavy atom. The van der Waals surface area contributed by atoms with Gasteiger partial charge in [-0.05, 0) is 13.3 Å². The molecule has 0 aliphatic carbocycles. The Morgan fingerprint density at radius 3 is 2.60 bits per heavy atom. The van der Waals surface area contributed by atoms with Crippen LogP contribution in [0.5, 0.6) is 0 Å². The van der Waals surface area contributed by atoms with Gasteiger partial charge in [-0.2, -0.15) is 12.7 Å². The highest BCUT2D eigenvalue weighted by molar-refractivity contribution is 7.87. The molecule has 0 bridgehead atoms. The third-order valence-electron chi connectivity index (χ3n) is 2.19. The number of nitrogens with one attached hydrogen (secondary N) is 1. The van der Waals surface area contributed by atoms with Crippen LogP contribution >= 0.6 is 0 Å². The number of ether oxygens (including phenoxy) is 1. The third-order valence-corrected chi connectivity index (χ3v) is 3.81. The van der Waals surface area contributed by atoms with Crippen molar-refractivity contribution in [2.75, 3.05) is 32.8 Å². The molecule has 0 radical (unpaired) electrons. The van der Waals surface area contributed by atoms with E-state index in [1.807, 2.05) is 6.92 Å². The maximum Gasteiger partial charge on any atom is 0.279 e. The zero-order valence-corrected chi connectivity index (χ0v) is 9.79. The highest BCUT2D eigenvalue weighted by atomic mass is 32.2. The summed E-state index contributed by atoms with van der Waals surface area (Å²) < 4.78 is 32.4. The van der Waals surface area contributed by atoms with Crippen LogP contribution < -0.4 is 10.5 Å². The highest BCUT2D eigenvalue weighted by Crippen LogP contribution is 2.02. The van der Waals surface area contributed by atoms with Crippen LogP contribution in [0, 0.1) is 0 Å². The standard InChI is InChI=1S/C8H19N3O3S/c1-8(9)2-3-10-15(12,13)11-4-6-14-7-5-11/h8,10H,2-7,9H2,1H3. The van der Waals surface area contributed by atoms with E-state index in [-0.39, 0.29) is 6.04 Å². The third kappa shape index (κ3) is 4.43. The maximum atomic E-state index is 11.7. The first kappa shape index (κ1) is 12.9. The van der Waals surface area contributed by atoms with Crippen LogP contribution in [0.4, 0.5) is 0 Å². The van der Waals surface area contributed by atoms with E-state index in [9.17, 15) is 8.42 Å². The number of hydrogen-bond acceptors (Lipinski definition) is 4. The molecule has 1 saturated heterocycles. The van der Waals surface area contributed by atoms with Gasteiger partial charge in [0.25, 0.3) is 10.2 Å². The Balaban J connectivity index is 2.36. The van der Waals surface area contributed by atoms with Crippen molar-refractivity contribution in [1.29, 1.82) is 0 Å². The molecular weight excluding hydrogens is 218 g/mol. The largest absolute Gasteiger partial charge is 0.379 e. The van der Waals surface area contributed by atoms with E-state index >= 15 is 0 Å². The Hall–Kier alpha value is -0.210. The van der Waals surface area contributed by atoms with Crippen LogP contribution in [0.3, 0.4) is 0 Å². The van der Waals surface area contributed by atoms with Crippen molar-refractivity contribution in [1.82, 2.24) is 9.03 Å². The van der Waals surface area contributed by atoms with Gasteiger partial charge in [-0.1, -0.05) is 0 Å². The average Bonchev–Trinajstić information content (AvgIpc) is 2.18. The molecule has 15 heavy (non-hydrogen) atoms. The van der Waals surface area contributed by atoms with Gasteiger partial charge in [-0.3, -0.25) is 0 Å². The average molecular weight is 237 g/mol. The molecule has 1 heterocycles. The fraction of sp³-hybridized carbons (Fsp3) is 1.00. The van der Waals surface area contributed by atoms with E-state index < -0.39 is 10.2 Å². The summed E-state index contributed by atoms with van der Waals surface area (Å²) in [4.78, 5) is 0. The van der Waals surface area contributed by atoms with Gasteiger partial charge < -0.3 is 10.5 Å². The molecule has 0 aromatic rings. The maximum absolute atomic E-state index is 11.7. The molecule has 1 unspecified atom stereocenters. The predicted molar refractivity (Wildman–Crippen MR) is 57.6 cm³/mol. The topological polar surface area (TPSA) is 84.7 Å². The molecule has 1 fully saturated rings. The van der Waals surface area contributed by atoms with E-state index in [4.69, 9.17) is 10.5 Å². The van der Waals surface area contributed by atoms with E-state index in [0.717, 1.165) is 0 Å². The van der Waals surface area contributed by atoms with Crippen molar-refractivity contribution < 1.29 is 13.2 Å². The lowest BCUT2D eigenvalue weighted by Gasteiger charge is -2.26. The fourth-order valence-corrected chi connectivity index (χ4v) is 2.48. The quantitative estimate of drug-likeness (QED) is 0.635. The number of nitrogens with zero attached hydrogens (tertiary/aromatic N) is 1. The molecule has 0 spiro atoms. The Labute approximate surface area is 90.9 Å². The molecule has 0 aromatic heterocycles. The van der Waals surface area contributed by atoms with Gasteiger partial charge in [0.2, 0.25) is 0 Å². The Bertz CT molecular complexity index is 273. The summed E-state index contributed by atoms with van der Waals surface area (Å²) in [6.07, 6.45) is 0.642. The molecule has 1 aliphatic heterocycles. The molecule has 6 nitrogen and oxygen atoms in total. The zero-order chi connectivity index (χ0) is 11.3. The summed E-state index contributed by atoms with van der Waals surface area (Å²) in [6, 6.07) is 0.0115. The Kier molecular flexibility index (Phi) is 4.94. The normalized spacial score (nSPS) is 21.5. The molecule has 7 heteroatoms. The summed E-state index contributed by atoms with van der Waals surface area (Å²) in [5.74, 6) is 0. The summed E-state index contributed by atoms with van der Waals surface area (Å²) >= 11 is 0. The molecular formula is C8H19N3O3S. The molecule has 1 rings (SSSR count). The Morgan fingerprint density at radius 2 is 2.07 bits per heavy atom. The summed E-state index contributed by atoms with van der Waals surface area (Å²) in [5.41, 5.74) is 5.53. The van der Waals surface area contributed by atoms with Crippen LogP contribution in [0.15, 0.2) is 0 Å². The lowest BCUT2D eigenvalue weighted by Crippen LogP contribution is -2.47. The first-order valence-electron chi connectivity index (χ1n) is 5.10. The van der Waals surface area contributed by atoms with Gasteiger partial charge in [0.1, 0.15) is 0 Å². The van der Waals surface area contributed by atoms with E-state index in [1.54, 1.807) is 0 Å². The number of morpholine rings is 1. The first-order chi connectivity index (χ1) is 7.02. The van der Waals surface area contributed by atoms with Crippen molar-refractivity contribution in [3.63, 3.8) is 0 Å². The zero-order valence-electron chi connectivity index (χ0n) is 8.98. The second-order valence-electron chi connectivity index (χ2n) is 3.68. The van der Waals surface area contributed by atoms with E-state index in [0.29, 0.717) is 39.3 Å². The van der Waals surface area contributed by atoms with Gasteiger partial charge in [0.15, 0.2) is 0 Å². The van der Waals surface area contributed by atoms with Gasteiger partial charge in [0.05, 0.1) is 13.2 Å². The highest BCUT2D eigenvalue weighted by Gasteiger charge is 2.23. The van der Waals surface area contributed by atoms with Crippen molar-refractivity contribution in [3.05, 3.63) is 0 Å². The summed E-state index contributed by atoms with van der Waals surface area (Å²) in [6.45, 7) is 4.02.